The molecule has 0 unspecified atom stereocenters. The van der Waals surface area contributed by atoms with Crippen molar-refractivity contribution in [2.45, 2.75) is 19.8 Å². The SMILES string of the molecule is CC(C)c1ccccc1N1CCN(C(=O)NCCN2CCOCC2)CC1. The first-order valence-corrected chi connectivity index (χ1v) is 9.82. The van der Waals surface area contributed by atoms with Crippen LogP contribution in [-0.4, -0.2) is 81.4 Å². The summed E-state index contributed by atoms with van der Waals surface area (Å²) in [7, 11) is 0. The number of nitrogens with zero attached hydrogens (tertiary/aromatic N) is 3. The van der Waals surface area contributed by atoms with E-state index >= 15 is 0 Å². The van der Waals surface area contributed by atoms with Crippen molar-refractivity contribution in [2.75, 3.05) is 70.5 Å². The Hall–Kier alpha value is -1.79. The van der Waals surface area contributed by atoms with Gasteiger partial charge in [0.25, 0.3) is 0 Å². The molecule has 0 spiro atoms. The van der Waals surface area contributed by atoms with Gasteiger partial charge in [-0.25, -0.2) is 4.79 Å². The summed E-state index contributed by atoms with van der Waals surface area (Å²) in [5.41, 5.74) is 2.70. The van der Waals surface area contributed by atoms with E-state index < -0.39 is 0 Å². The third kappa shape index (κ3) is 4.89. The Morgan fingerprint density at radius 3 is 2.46 bits per heavy atom. The Bertz CT molecular complexity index is 579. The van der Waals surface area contributed by atoms with Crippen LogP contribution in [0, 0.1) is 0 Å². The van der Waals surface area contributed by atoms with E-state index in [9.17, 15) is 4.79 Å². The van der Waals surface area contributed by atoms with Gasteiger partial charge in [0.15, 0.2) is 0 Å². The van der Waals surface area contributed by atoms with Crippen molar-refractivity contribution in [2.24, 2.45) is 0 Å². The van der Waals surface area contributed by atoms with E-state index in [1.807, 2.05) is 4.90 Å². The second-order valence-corrected chi connectivity index (χ2v) is 7.37. The molecule has 144 valence electrons. The Morgan fingerprint density at radius 1 is 1.08 bits per heavy atom. The molecule has 26 heavy (non-hydrogen) atoms. The van der Waals surface area contributed by atoms with E-state index in [-0.39, 0.29) is 6.03 Å². The number of anilines is 1. The molecule has 2 fully saturated rings. The lowest BCUT2D eigenvalue weighted by molar-refractivity contribution is 0.0386. The van der Waals surface area contributed by atoms with E-state index in [2.05, 4.69) is 53.2 Å². The monoisotopic (exact) mass is 360 g/mol. The molecule has 6 nitrogen and oxygen atoms in total. The van der Waals surface area contributed by atoms with E-state index in [1.165, 1.54) is 11.3 Å². The van der Waals surface area contributed by atoms with E-state index in [4.69, 9.17) is 4.74 Å². The first-order chi connectivity index (χ1) is 12.6. The van der Waals surface area contributed by atoms with Gasteiger partial charge in [-0.3, -0.25) is 4.90 Å². The third-order valence-corrected chi connectivity index (χ3v) is 5.27. The lowest BCUT2D eigenvalue weighted by Gasteiger charge is -2.37. The highest BCUT2D eigenvalue weighted by molar-refractivity contribution is 5.74. The number of nitrogens with one attached hydrogen (secondary N) is 1. The van der Waals surface area contributed by atoms with Crippen LogP contribution in [0.4, 0.5) is 10.5 Å². The third-order valence-electron chi connectivity index (χ3n) is 5.27. The lowest BCUT2D eigenvalue weighted by Crippen LogP contribution is -2.53. The van der Waals surface area contributed by atoms with E-state index in [1.54, 1.807) is 0 Å². The average Bonchev–Trinajstić information content (AvgIpc) is 2.69. The molecule has 1 aromatic carbocycles. The molecular formula is C20H32N4O2. The predicted octanol–water partition coefficient (Wildman–Crippen LogP) is 1.97. The van der Waals surface area contributed by atoms with Crippen LogP contribution >= 0.6 is 0 Å². The number of urea groups is 1. The minimum absolute atomic E-state index is 0.0649. The Morgan fingerprint density at radius 2 is 1.77 bits per heavy atom. The van der Waals surface area contributed by atoms with Crippen molar-refractivity contribution in [3.8, 4) is 0 Å². The minimum Gasteiger partial charge on any atom is -0.379 e. The normalized spacial score (nSPS) is 19.0. The van der Waals surface area contributed by atoms with Crippen LogP contribution in [0.1, 0.15) is 25.3 Å². The molecule has 2 aliphatic heterocycles. The van der Waals surface area contributed by atoms with Gasteiger partial charge in [-0.2, -0.15) is 0 Å². The number of rotatable bonds is 5. The number of para-hydroxylation sites is 1. The van der Waals surface area contributed by atoms with E-state index in [0.717, 1.165) is 59.0 Å². The van der Waals surface area contributed by atoms with Crippen LogP contribution in [0.15, 0.2) is 24.3 Å². The maximum absolute atomic E-state index is 12.4. The Balaban J connectivity index is 1.44. The topological polar surface area (TPSA) is 48.0 Å². The van der Waals surface area contributed by atoms with Gasteiger partial charge in [0, 0.05) is 58.0 Å². The zero-order valence-corrected chi connectivity index (χ0v) is 16.1. The van der Waals surface area contributed by atoms with Crippen LogP contribution < -0.4 is 10.2 Å². The van der Waals surface area contributed by atoms with Crippen molar-refractivity contribution in [1.29, 1.82) is 0 Å². The summed E-state index contributed by atoms with van der Waals surface area (Å²) in [5, 5.41) is 3.07. The van der Waals surface area contributed by atoms with Crippen LogP contribution in [0.2, 0.25) is 0 Å². The number of piperazine rings is 1. The molecule has 2 heterocycles. The highest BCUT2D eigenvalue weighted by Crippen LogP contribution is 2.28. The minimum atomic E-state index is 0.0649. The number of hydrogen-bond acceptors (Lipinski definition) is 4. The second-order valence-electron chi connectivity index (χ2n) is 7.37. The molecular weight excluding hydrogens is 328 g/mol. The first-order valence-electron chi connectivity index (χ1n) is 9.82. The molecule has 3 rings (SSSR count). The molecule has 2 amide bonds. The molecule has 6 heteroatoms. The van der Waals surface area contributed by atoms with Crippen molar-refractivity contribution in [3.63, 3.8) is 0 Å². The maximum atomic E-state index is 12.4. The molecule has 2 aliphatic rings. The maximum Gasteiger partial charge on any atom is 0.317 e. The molecule has 2 saturated heterocycles. The standard InChI is InChI=1S/C20H32N4O2/c1-17(2)18-5-3-4-6-19(18)23-9-11-24(12-10-23)20(25)21-7-8-22-13-15-26-16-14-22/h3-6,17H,7-16H2,1-2H3,(H,21,25). The molecule has 0 aliphatic carbocycles. The summed E-state index contributed by atoms with van der Waals surface area (Å²) in [6.07, 6.45) is 0. The first kappa shape index (κ1) is 19.0. The fraction of sp³-hybridized carbons (Fsp3) is 0.650. The summed E-state index contributed by atoms with van der Waals surface area (Å²) in [6.45, 7) is 12.9. The second kappa shape index (κ2) is 9.24. The molecule has 1 N–H and O–H groups in total. The summed E-state index contributed by atoms with van der Waals surface area (Å²) >= 11 is 0. The van der Waals surface area contributed by atoms with Crippen LogP contribution in [0.5, 0.6) is 0 Å². The quantitative estimate of drug-likeness (QED) is 0.872. The molecule has 0 bridgehead atoms. The van der Waals surface area contributed by atoms with Crippen molar-refractivity contribution < 1.29 is 9.53 Å². The number of hydrogen-bond donors (Lipinski definition) is 1. The van der Waals surface area contributed by atoms with Crippen LogP contribution in [0.25, 0.3) is 0 Å². The van der Waals surface area contributed by atoms with Gasteiger partial charge in [0.05, 0.1) is 13.2 Å². The van der Waals surface area contributed by atoms with Gasteiger partial charge in [-0.05, 0) is 17.5 Å². The summed E-state index contributed by atoms with van der Waals surface area (Å²) in [6, 6.07) is 8.69. The number of amides is 2. The zero-order chi connectivity index (χ0) is 18.4. The summed E-state index contributed by atoms with van der Waals surface area (Å²) < 4.78 is 5.35. The van der Waals surface area contributed by atoms with E-state index in [0.29, 0.717) is 12.5 Å². The fourth-order valence-electron chi connectivity index (χ4n) is 3.67. The average molecular weight is 361 g/mol. The summed E-state index contributed by atoms with van der Waals surface area (Å²) in [5.74, 6) is 0.507. The van der Waals surface area contributed by atoms with Gasteiger partial charge < -0.3 is 19.9 Å². The molecule has 1 aromatic rings. The Kier molecular flexibility index (Phi) is 6.74. The number of morpholine rings is 1. The van der Waals surface area contributed by atoms with Gasteiger partial charge in [0.1, 0.15) is 0 Å². The van der Waals surface area contributed by atoms with Crippen molar-refractivity contribution in [3.05, 3.63) is 29.8 Å². The lowest BCUT2D eigenvalue weighted by atomic mass is 10.00. The predicted molar refractivity (Wildman–Crippen MR) is 105 cm³/mol. The van der Waals surface area contributed by atoms with Gasteiger partial charge >= 0.3 is 6.03 Å². The van der Waals surface area contributed by atoms with Gasteiger partial charge in [-0.1, -0.05) is 32.0 Å². The highest BCUT2D eigenvalue weighted by Gasteiger charge is 2.23. The molecule has 0 radical (unpaired) electrons. The molecule has 0 saturated carbocycles. The molecule has 0 aromatic heterocycles. The number of benzene rings is 1. The van der Waals surface area contributed by atoms with Crippen molar-refractivity contribution >= 4 is 11.7 Å². The highest BCUT2D eigenvalue weighted by atomic mass is 16.5. The largest absolute Gasteiger partial charge is 0.379 e. The van der Waals surface area contributed by atoms with Gasteiger partial charge in [-0.15, -0.1) is 0 Å². The fourth-order valence-corrected chi connectivity index (χ4v) is 3.67. The van der Waals surface area contributed by atoms with Gasteiger partial charge in [0.2, 0.25) is 0 Å². The Labute approximate surface area is 157 Å². The molecule has 0 atom stereocenters. The zero-order valence-electron chi connectivity index (χ0n) is 16.1. The smallest absolute Gasteiger partial charge is 0.317 e. The van der Waals surface area contributed by atoms with Crippen LogP contribution in [0.3, 0.4) is 0 Å². The number of carbonyl (C=O) groups excluding carboxylic acids is 1. The van der Waals surface area contributed by atoms with Crippen molar-refractivity contribution in [1.82, 2.24) is 15.1 Å². The number of ether oxygens (including phenoxy) is 1. The summed E-state index contributed by atoms with van der Waals surface area (Å²) in [4.78, 5) is 19.1. The van der Waals surface area contributed by atoms with Crippen LogP contribution in [-0.2, 0) is 4.74 Å². The number of carbonyl (C=O) groups is 1.